The second-order valence-corrected chi connectivity index (χ2v) is 6.98. The van der Waals surface area contributed by atoms with E-state index in [-0.39, 0.29) is 0 Å². The molecule has 1 aliphatic rings. The predicted molar refractivity (Wildman–Crippen MR) is 101 cm³/mol. The quantitative estimate of drug-likeness (QED) is 0.506. The van der Waals surface area contributed by atoms with E-state index in [1.54, 1.807) is 0 Å². The van der Waals surface area contributed by atoms with E-state index in [2.05, 4.69) is 47.2 Å². The molecule has 4 heteroatoms. The van der Waals surface area contributed by atoms with Crippen molar-refractivity contribution < 1.29 is 0 Å². The number of allylic oxidation sites excluding steroid dienone is 2. The van der Waals surface area contributed by atoms with E-state index in [9.17, 15) is 0 Å². The van der Waals surface area contributed by atoms with Gasteiger partial charge in [0.25, 0.3) is 0 Å². The van der Waals surface area contributed by atoms with Crippen molar-refractivity contribution >= 4 is 22.1 Å². The lowest BCUT2D eigenvalue weighted by Gasteiger charge is -2.27. The van der Waals surface area contributed by atoms with Crippen LogP contribution in [0, 0.1) is 0 Å². The van der Waals surface area contributed by atoms with Crippen molar-refractivity contribution in [2.24, 2.45) is 0 Å². The van der Waals surface area contributed by atoms with Gasteiger partial charge in [-0.2, -0.15) is 0 Å². The Kier molecular flexibility index (Phi) is 3.23. The van der Waals surface area contributed by atoms with E-state index < -0.39 is 0 Å². The van der Waals surface area contributed by atoms with Crippen LogP contribution in [0.2, 0.25) is 0 Å². The van der Waals surface area contributed by atoms with Gasteiger partial charge in [-0.25, -0.2) is 9.97 Å². The van der Waals surface area contributed by atoms with Crippen molar-refractivity contribution in [1.29, 1.82) is 0 Å². The number of fused-ring (bicyclic) bond motifs is 2. The maximum Gasteiger partial charge on any atom is 0.111 e. The first-order valence-electron chi connectivity index (χ1n) is 8.83. The fraction of sp³-hybridized carbons (Fsp3) is 0.238. The molecule has 5 rings (SSSR count). The van der Waals surface area contributed by atoms with Crippen LogP contribution in [0.5, 0.6) is 0 Å². The lowest BCUT2D eigenvalue weighted by molar-refractivity contribution is 0.477. The zero-order valence-electron chi connectivity index (χ0n) is 14.2. The highest BCUT2D eigenvalue weighted by molar-refractivity contribution is 5.76. The van der Waals surface area contributed by atoms with E-state index in [1.165, 1.54) is 5.57 Å². The summed E-state index contributed by atoms with van der Waals surface area (Å²) >= 11 is 0. The van der Waals surface area contributed by atoms with Gasteiger partial charge in [0, 0.05) is 11.8 Å². The first-order chi connectivity index (χ1) is 12.3. The monoisotopic (exact) mass is 328 g/mol. The smallest absolute Gasteiger partial charge is 0.111 e. The minimum Gasteiger partial charge on any atom is -0.342 e. The summed E-state index contributed by atoms with van der Waals surface area (Å²) in [6, 6.07) is 16.5. The summed E-state index contributed by atoms with van der Waals surface area (Å²) in [5, 5.41) is 0. The van der Waals surface area contributed by atoms with Crippen LogP contribution in [0.1, 0.15) is 43.3 Å². The SMILES string of the molecule is CC1=CC[C@H](c2nc3ccccc3[nH]2)[C@@H](c2nc3ccccc3[nH]2)C1. The first kappa shape index (κ1) is 14.5. The minimum absolute atomic E-state index is 0.316. The van der Waals surface area contributed by atoms with Crippen molar-refractivity contribution in [3.05, 3.63) is 71.8 Å². The molecule has 0 saturated heterocycles. The van der Waals surface area contributed by atoms with Crippen LogP contribution in [0.3, 0.4) is 0 Å². The molecule has 0 aliphatic heterocycles. The number of benzene rings is 2. The van der Waals surface area contributed by atoms with E-state index in [0.29, 0.717) is 11.8 Å². The lowest BCUT2D eigenvalue weighted by atomic mass is 9.79. The Morgan fingerprint density at radius 1 is 0.800 bits per heavy atom. The molecule has 0 fully saturated rings. The number of nitrogens with zero attached hydrogens (tertiary/aromatic N) is 2. The molecule has 124 valence electrons. The summed E-state index contributed by atoms with van der Waals surface area (Å²) in [5.74, 6) is 2.77. The second kappa shape index (κ2) is 5.59. The average molecular weight is 328 g/mol. The standard InChI is InChI=1S/C21H20N4/c1-13-10-11-14(20-22-16-6-2-3-7-17(16)23-20)15(12-13)21-24-18-8-4-5-9-19(18)25-21/h2-10,14-15H,11-12H2,1H3,(H,22,23)(H,24,25)/t14-,15-/m0/s1. The molecular weight excluding hydrogens is 308 g/mol. The average Bonchev–Trinajstić information content (AvgIpc) is 3.25. The highest BCUT2D eigenvalue weighted by atomic mass is 15.0. The second-order valence-electron chi connectivity index (χ2n) is 6.98. The fourth-order valence-corrected chi connectivity index (χ4v) is 3.95. The minimum atomic E-state index is 0.316. The molecule has 4 aromatic rings. The molecule has 2 N–H and O–H groups in total. The topological polar surface area (TPSA) is 57.4 Å². The van der Waals surface area contributed by atoms with Crippen LogP contribution in [-0.4, -0.2) is 19.9 Å². The molecule has 0 spiro atoms. The summed E-state index contributed by atoms with van der Waals surface area (Å²) in [6.07, 6.45) is 4.35. The van der Waals surface area contributed by atoms with Crippen LogP contribution in [0.4, 0.5) is 0 Å². The zero-order chi connectivity index (χ0) is 16.8. The molecule has 2 aromatic heterocycles. The van der Waals surface area contributed by atoms with Gasteiger partial charge >= 0.3 is 0 Å². The molecule has 25 heavy (non-hydrogen) atoms. The first-order valence-corrected chi connectivity index (χ1v) is 8.83. The Morgan fingerprint density at radius 3 is 1.96 bits per heavy atom. The number of aromatic nitrogens is 4. The molecule has 0 unspecified atom stereocenters. The molecule has 1 aliphatic carbocycles. The number of H-pyrrole nitrogens is 2. The van der Waals surface area contributed by atoms with Crippen molar-refractivity contribution in [3.63, 3.8) is 0 Å². The van der Waals surface area contributed by atoms with Crippen molar-refractivity contribution in [3.8, 4) is 0 Å². The molecular formula is C21H20N4. The summed E-state index contributed by atoms with van der Waals surface area (Å²) in [5.41, 5.74) is 5.71. The number of hydrogen-bond acceptors (Lipinski definition) is 2. The van der Waals surface area contributed by atoms with Gasteiger partial charge in [0.05, 0.1) is 22.1 Å². The molecule has 2 heterocycles. The van der Waals surface area contributed by atoms with Crippen LogP contribution < -0.4 is 0 Å². The summed E-state index contributed by atoms with van der Waals surface area (Å²) < 4.78 is 0. The number of imidazole rings is 2. The third-order valence-electron chi connectivity index (χ3n) is 5.27. The lowest BCUT2D eigenvalue weighted by Crippen LogP contribution is -2.17. The van der Waals surface area contributed by atoms with E-state index in [4.69, 9.17) is 9.97 Å². The van der Waals surface area contributed by atoms with Crippen LogP contribution in [0.25, 0.3) is 22.1 Å². The summed E-state index contributed by atoms with van der Waals surface area (Å²) in [6.45, 7) is 2.21. The van der Waals surface area contributed by atoms with Crippen LogP contribution in [-0.2, 0) is 0 Å². The number of hydrogen-bond donors (Lipinski definition) is 2. The largest absolute Gasteiger partial charge is 0.342 e. The Hall–Kier alpha value is -2.88. The van der Waals surface area contributed by atoms with Gasteiger partial charge in [-0.3, -0.25) is 0 Å². The number of rotatable bonds is 2. The molecule has 2 atom stereocenters. The third-order valence-corrected chi connectivity index (χ3v) is 5.27. The molecule has 2 aromatic carbocycles. The van der Waals surface area contributed by atoms with E-state index in [0.717, 1.165) is 46.6 Å². The van der Waals surface area contributed by atoms with Gasteiger partial charge < -0.3 is 9.97 Å². The Bertz CT molecular complexity index is 1020. The maximum atomic E-state index is 4.88. The summed E-state index contributed by atoms with van der Waals surface area (Å²) in [4.78, 5) is 16.8. The highest BCUT2D eigenvalue weighted by Crippen LogP contribution is 2.42. The van der Waals surface area contributed by atoms with E-state index in [1.807, 2.05) is 24.3 Å². The Balaban J connectivity index is 1.60. The number of nitrogens with one attached hydrogen (secondary N) is 2. The summed E-state index contributed by atoms with van der Waals surface area (Å²) in [7, 11) is 0. The van der Waals surface area contributed by atoms with E-state index >= 15 is 0 Å². The van der Waals surface area contributed by atoms with Gasteiger partial charge in [0.15, 0.2) is 0 Å². The molecule has 0 saturated carbocycles. The predicted octanol–water partition coefficient (Wildman–Crippen LogP) is 5.05. The Morgan fingerprint density at radius 2 is 1.36 bits per heavy atom. The fourth-order valence-electron chi connectivity index (χ4n) is 3.95. The van der Waals surface area contributed by atoms with Gasteiger partial charge in [-0.15, -0.1) is 0 Å². The third kappa shape index (κ3) is 2.45. The molecule has 0 amide bonds. The number of aromatic amines is 2. The maximum absolute atomic E-state index is 4.88. The van der Waals surface area contributed by atoms with Crippen molar-refractivity contribution in [2.45, 2.75) is 31.6 Å². The van der Waals surface area contributed by atoms with Gasteiger partial charge in [-0.1, -0.05) is 35.9 Å². The van der Waals surface area contributed by atoms with Gasteiger partial charge in [0.2, 0.25) is 0 Å². The molecule has 0 bridgehead atoms. The van der Waals surface area contributed by atoms with Crippen molar-refractivity contribution in [1.82, 2.24) is 19.9 Å². The van der Waals surface area contributed by atoms with Crippen LogP contribution >= 0.6 is 0 Å². The van der Waals surface area contributed by atoms with Gasteiger partial charge in [0.1, 0.15) is 11.6 Å². The normalized spacial score (nSPS) is 20.9. The van der Waals surface area contributed by atoms with Crippen molar-refractivity contribution in [2.75, 3.05) is 0 Å². The van der Waals surface area contributed by atoms with Crippen LogP contribution in [0.15, 0.2) is 60.2 Å². The Labute approximate surface area is 146 Å². The zero-order valence-corrected chi connectivity index (χ0v) is 14.2. The van der Waals surface area contributed by atoms with Gasteiger partial charge in [-0.05, 0) is 44.0 Å². The highest BCUT2D eigenvalue weighted by Gasteiger charge is 2.31. The molecule has 0 radical (unpaired) electrons. The molecule has 4 nitrogen and oxygen atoms in total. The number of para-hydroxylation sites is 4.